The van der Waals surface area contributed by atoms with E-state index in [1.807, 2.05) is 18.7 Å². The summed E-state index contributed by atoms with van der Waals surface area (Å²) in [4.78, 5) is 25.4. The molecule has 3 atom stereocenters. The third-order valence-corrected chi connectivity index (χ3v) is 4.89. The number of rotatable bonds is 4. The summed E-state index contributed by atoms with van der Waals surface area (Å²) in [6, 6.07) is 0. The van der Waals surface area contributed by atoms with Gasteiger partial charge in [-0.05, 0) is 51.0 Å². The van der Waals surface area contributed by atoms with Crippen LogP contribution in [0, 0.1) is 11.8 Å². The van der Waals surface area contributed by atoms with Gasteiger partial charge in [0.25, 0.3) is 0 Å². The van der Waals surface area contributed by atoms with E-state index in [2.05, 4.69) is 5.32 Å². The number of carbonyl (C=O) groups excluding carboxylic acids is 1. The third-order valence-electron chi connectivity index (χ3n) is 4.89. The molecule has 3 unspecified atom stereocenters. The molecule has 1 amide bonds. The number of carboxylic acid groups (broad SMARTS) is 1. The molecule has 2 heterocycles. The summed E-state index contributed by atoms with van der Waals surface area (Å²) >= 11 is 0. The van der Waals surface area contributed by atoms with Crippen molar-refractivity contribution in [2.24, 2.45) is 11.8 Å². The van der Waals surface area contributed by atoms with Crippen LogP contribution in [0.25, 0.3) is 0 Å². The summed E-state index contributed by atoms with van der Waals surface area (Å²) in [6.45, 7) is 6.42. The molecule has 0 saturated carbocycles. The highest BCUT2D eigenvalue weighted by Gasteiger charge is 2.40. The highest BCUT2D eigenvalue weighted by atomic mass is 16.4. The molecule has 0 aliphatic carbocycles. The van der Waals surface area contributed by atoms with Crippen molar-refractivity contribution in [1.82, 2.24) is 10.2 Å². The number of amides is 1. The average molecular weight is 282 g/mol. The van der Waals surface area contributed by atoms with Gasteiger partial charge in [0.05, 0.1) is 5.54 Å². The maximum absolute atomic E-state index is 12.7. The molecule has 2 saturated heterocycles. The summed E-state index contributed by atoms with van der Waals surface area (Å²) in [5.74, 6) is -0.103. The van der Waals surface area contributed by atoms with Crippen LogP contribution >= 0.6 is 0 Å². The third kappa shape index (κ3) is 3.32. The summed E-state index contributed by atoms with van der Waals surface area (Å²) in [7, 11) is 0. The number of hydrogen-bond acceptors (Lipinski definition) is 3. The monoisotopic (exact) mass is 282 g/mol. The van der Waals surface area contributed by atoms with Crippen molar-refractivity contribution >= 4 is 11.9 Å². The van der Waals surface area contributed by atoms with Crippen LogP contribution in [0.4, 0.5) is 0 Å². The lowest BCUT2D eigenvalue weighted by Crippen LogP contribution is -2.55. The fourth-order valence-corrected chi connectivity index (χ4v) is 3.53. The highest BCUT2D eigenvalue weighted by Crippen LogP contribution is 2.29. The van der Waals surface area contributed by atoms with Gasteiger partial charge in [0.2, 0.25) is 5.91 Å². The van der Waals surface area contributed by atoms with Gasteiger partial charge in [0, 0.05) is 19.5 Å². The Hall–Kier alpha value is -1.10. The van der Waals surface area contributed by atoms with Crippen molar-refractivity contribution in [3.8, 4) is 0 Å². The maximum Gasteiger partial charge on any atom is 0.303 e. The van der Waals surface area contributed by atoms with Crippen LogP contribution in [0.2, 0.25) is 0 Å². The van der Waals surface area contributed by atoms with E-state index in [1.54, 1.807) is 0 Å². The topological polar surface area (TPSA) is 69.6 Å². The van der Waals surface area contributed by atoms with Crippen LogP contribution in [-0.4, -0.2) is 47.1 Å². The molecule has 2 rings (SSSR count). The molecule has 2 fully saturated rings. The quantitative estimate of drug-likeness (QED) is 0.819. The average Bonchev–Trinajstić information content (AvgIpc) is 2.85. The molecule has 114 valence electrons. The van der Waals surface area contributed by atoms with Crippen LogP contribution in [0.15, 0.2) is 0 Å². The molecule has 20 heavy (non-hydrogen) atoms. The number of hydrogen-bond donors (Lipinski definition) is 2. The smallest absolute Gasteiger partial charge is 0.303 e. The summed E-state index contributed by atoms with van der Waals surface area (Å²) in [5.41, 5.74) is -0.405. The van der Waals surface area contributed by atoms with Gasteiger partial charge in [-0.1, -0.05) is 6.92 Å². The molecular weight excluding hydrogens is 256 g/mol. The van der Waals surface area contributed by atoms with Gasteiger partial charge >= 0.3 is 5.97 Å². The second-order valence-corrected chi connectivity index (χ2v) is 6.59. The lowest BCUT2D eigenvalue weighted by molar-refractivity contribution is -0.140. The van der Waals surface area contributed by atoms with Gasteiger partial charge in [-0.25, -0.2) is 0 Å². The van der Waals surface area contributed by atoms with Crippen LogP contribution in [0.1, 0.15) is 46.0 Å². The van der Waals surface area contributed by atoms with E-state index in [4.69, 9.17) is 5.11 Å². The highest BCUT2D eigenvalue weighted by molar-refractivity contribution is 5.86. The minimum Gasteiger partial charge on any atom is -0.481 e. The largest absolute Gasteiger partial charge is 0.481 e. The number of carbonyl (C=O) groups is 2. The molecule has 0 aromatic rings. The fraction of sp³-hybridized carbons (Fsp3) is 0.867. The Morgan fingerprint density at radius 1 is 1.45 bits per heavy atom. The lowest BCUT2D eigenvalue weighted by Gasteiger charge is -2.39. The van der Waals surface area contributed by atoms with Crippen molar-refractivity contribution in [2.45, 2.75) is 51.5 Å². The molecule has 5 heteroatoms. The Labute approximate surface area is 120 Å². The first-order valence-corrected chi connectivity index (χ1v) is 7.68. The van der Waals surface area contributed by atoms with Gasteiger partial charge in [0.15, 0.2) is 0 Å². The Kier molecular flexibility index (Phi) is 4.68. The van der Waals surface area contributed by atoms with E-state index in [1.165, 1.54) is 0 Å². The van der Waals surface area contributed by atoms with Crippen LogP contribution < -0.4 is 5.32 Å². The first kappa shape index (κ1) is 15.3. The van der Waals surface area contributed by atoms with Crippen molar-refractivity contribution in [1.29, 1.82) is 0 Å². The molecule has 2 aliphatic rings. The van der Waals surface area contributed by atoms with Crippen molar-refractivity contribution in [3.05, 3.63) is 0 Å². The maximum atomic E-state index is 12.7. The first-order chi connectivity index (χ1) is 9.42. The summed E-state index contributed by atoms with van der Waals surface area (Å²) in [5, 5.41) is 12.2. The van der Waals surface area contributed by atoms with E-state index in [9.17, 15) is 9.59 Å². The van der Waals surface area contributed by atoms with Crippen molar-refractivity contribution < 1.29 is 14.7 Å². The first-order valence-electron chi connectivity index (χ1n) is 7.68. The second-order valence-electron chi connectivity index (χ2n) is 6.59. The van der Waals surface area contributed by atoms with Gasteiger partial charge in [-0.15, -0.1) is 0 Å². The molecule has 0 bridgehead atoms. The van der Waals surface area contributed by atoms with Crippen molar-refractivity contribution in [3.63, 3.8) is 0 Å². The number of likely N-dealkylation sites (tertiary alicyclic amines) is 1. The Balaban J connectivity index is 1.96. The van der Waals surface area contributed by atoms with Gasteiger partial charge in [0.1, 0.15) is 0 Å². The number of aliphatic carboxylic acids is 1. The predicted molar refractivity (Wildman–Crippen MR) is 76.4 cm³/mol. The van der Waals surface area contributed by atoms with Gasteiger partial charge in [-0.2, -0.15) is 0 Å². The summed E-state index contributed by atoms with van der Waals surface area (Å²) < 4.78 is 0. The van der Waals surface area contributed by atoms with E-state index < -0.39 is 11.5 Å². The standard InChI is InChI=1S/C15H26N2O3/c1-11(9-13(18)19)12-5-3-8-17(10-12)14(20)15(2)6-4-7-16-15/h11-12,16H,3-10H2,1-2H3,(H,18,19). The minimum absolute atomic E-state index is 0.132. The van der Waals surface area contributed by atoms with E-state index >= 15 is 0 Å². The van der Waals surface area contributed by atoms with Crippen LogP contribution in [0.3, 0.4) is 0 Å². The number of nitrogens with one attached hydrogen (secondary N) is 1. The number of piperidine rings is 1. The molecule has 0 aromatic carbocycles. The Morgan fingerprint density at radius 2 is 2.20 bits per heavy atom. The lowest BCUT2D eigenvalue weighted by atomic mass is 9.84. The number of nitrogens with zero attached hydrogens (tertiary/aromatic N) is 1. The molecule has 2 aliphatic heterocycles. The molecule has 0 spiro atoms. The van der Waals surface area contributed by atoms with Gasteiger partial charge in [-0.3, -0.25) is 9.59 Å². The van der Waals surface area contributed by atoms with Crippen LogP contribution in [0.5, 0.6) is 0 Å². The Morgan fingerprint density at radius 3 is 2.80 bits per heavy atom. The Bertz CT molecular complexity index is 377. The SMILES string of the molecule is CC(CC(=O)O)C1CCCN(C(=O)C2(C)CCCN2)C1. The zero-order valence-corrected chi connectivity index (χ0v) is 12.5. The predicted octanol–water partition coefficient (Wildman–Crippen LogP) is 1.48. The van der Waals surface area contributed by atoms with Crippen molar-refractivity contribution in [2.75, 3.05) is 19.6 Å². The normalized spacial score (nSPS) is 32.1. The van der Waals surface area contributed by atoms with E-state index in [-0.39, 0.29) is 18.2 Å². The molecule has 0 radical (unpaired) electrons. The second kappa shape index (κ2) is 6.12. The van der Waals surface area contributed by atoms with Crippen LogP contribution in [-0.2, 0) is 9.59 Å². The fourth-order valence-electron chi connectivity index (χ4n) is 3.53. The van der Waals surface area contributed by atoms with Gasteiger partial charge < -0.3 is 15.3 Å². The zero-order valence-electron chi connectivity index (χ0n) is 12.5. The molecule has 2 N–H and O–H groups in total. The summed E-state index contributed by atoms with van der Waals surface area (Å²) in [6.07, 6.45) is 4.16. The minimum atomic E-state index is -0.745. The zero-order chi connectivity index (χ0) is 14.8. The van der Waals surface area contributed by atoms with E-state index in [0.29, 0.717) is 12.5 Å². The van der Waals surface area contributed by atoms with E-state index in [0.717, 1.165) is 38.8 Å². The molecular formula is C15H26N2O3. The number of carboxylic acids is 1. The molecule has 5 nitrogen and oxygen atoms in total. The molecule has 0 aromatic heterocycles.